The Hall–Kier alpha value is -6.44. The molecule has 252 valence electrons. The third kappa shape index (κ3) is 4.57. The van der Waals surface area contributed by atoms with Crippen molar-refractivity contribution >= 4 is 17.1 Å². The Morgan fingerprint density at radius 1 is 0.340 bits per heavy atom. The topological polar surface area (TPSA) is 3.24 Å². The average Bonchev–Trinajstić information content (AvgIpc) is 3.53. The Bertz CT molecular complexity index is 2590. The molecule has 0 saturated carbocycles. The van der Waals surface area contributed by atoms with Gasteiger partial charge in [-0.3, -0.25) is 0 Å². The number of hydrogen-bond donors (Lipinski definition) is 0. The van der Waals surface area contributed by atoms with Crippen LogP contribution in [-0.2, 0) is 10.8 Å². The van der Waals surface area contributed by atoms with Gasteiger partial charge in [0.05, 0.1) is 16.8 Å². The Balaban J connectivity index is 1.30. The van der Waals surface area contributed by atoms with E-state index < -0.39 is 5.41 Å². The summed E-state index contributed by atoms with van der Waals surface area (Å²) in [6.07, 6.45) is 0. The summed E-state index contributed by atoms with van der Waals surface area (Å²) in [5, 5.41) is 0. The fraction of sp³-hybridized carbons (Fsp3) is 0.0769. The van der Waals surface area contributed by atoms with E-state index in [4.69, 9.17) is 0 Å². The van der Waals surface area contributed by atoms with Crippen LogP contribution in [0.3, 0.4) is 0 Å². The molecule has 0 fully saturated rings. The Labute approximate surface area is 312 Å². The third-order valence-electron chi connectivity index (χ3n) is 11.7. The van der Waals surface area contributed by atoms with Gasteiger partial charge in [0.1, 0.15) is 0 Å². The van der Waals surface area contributed by atoms with Crippen molar-refractivity contribution in [2.45, 2.75) is 24.7 Å². The molecule has 2 aliphatic rings. The number of benzene rings is 8. The van der Waals surface area contributed by atoms with E-state index in [1.165, 1.54) is 72.4 Å². The first-order valence-electron chi connectivity index (χ1n) is 18.6. The van der Waals surface area contributed by atoms with Gasteiger partial charge in [0.15, 0.2) is 0 Å². The summed E-state index contributed by atoms with van der Waals surface area (Å²) in [5.41, 5.74) is 18.3. The Kier molecular flexibility index (Phi) is 7.13. The average molecular weight is 678 g/mol. The minimum absolute atomic E-state index is 0.144. The van der Waals surface area contributed by atoms with Crippen LogP contribution in [0.2, 0.25) is 0 Å². The number of para-hydroxylation sites is 1. The monoisotopic (exact) mass is 677 g/mol. The number of rotatable bonds is 5. The van der Waals surface area contributed by atoms with Gasteiger partial charge < -0.3 is 4.90 Å². The predicted octanol–water partition coefficient (Wildman–Crippen LogP) is 13.5. The van der Waals surface area contributed by atoms with Crippen molar-refractivity contribution in [3.05, 3.63) is 234 Å². The van der Waals surface area contributed by atoms with E-state index in [9.17, 15) is 0 Å². The standard InChI is InChI=1S/C52H39N/c1-51(2)43-27-14-16-29-45(43)52(46-30-17-15-28-44(46)51)42-26-13-12-25-40(42)50-47(52)31-18-32-49(50)53(39-23-10-5-11-24-39)48-34-33-38(36-19-6-3-7-20-36)35-41(48)37-21-8-4-9-22-37/h3-35H,1-2H3. The fourth-order valence-electron chi connectivity index (χ4n) is 9.45. The molecule has 1 heteroatoms. The van der Waals surface area contributed by atoms with Crippen molar-refractivity contribution in [2.75, 3.05) is 4.90 Å². The lowest BCUT2D eigenvalue weighted by atomic mass is 9.55. The first-order chi connectivity index (χ1) is 26.1. The molecule has 0 amide bonds. The zero-order valence-corrected chi connectivity index (χ0v) is 30.0. The van der Waals surface area contributed by atoms with Crippen LogP contribution in [0.4, 0.5) is 17.1 Å². The largest absolute Gasteiger partial charge is 0.309 e. The van der Waals surface area contributed by atoms with Crippen molar-refractivity contribution in [1.82, 2.24) is 0 Å². The fourth-order valence-corrected chi connectivity index (χ4v) is 9.45. The van der Waals surface area contributed by atoms with E-state index in [1.54, 1.807) is 0 Å². The highest BCUT2D eigenvalue weighted by Crippen LogP contribution is 2.64. The number of fused-ring (bicyclic) bond motifs is 9. The molecule has 0 aromatic heterocycles. The number of anilines is 3. The van der Waals surface area contributed by atoms with Crippen LogP contribution in [0.25, 0.3) is 33.4 Å². The zero-order chi connectivity index (χ0) is 35.6. The summed E-state index contributed by atoms with van der Waals surface area (Å²) >= 11 is 0. The second kappa shape index (κ2) is 12.1. The Morgan fingerprint density at radius 3 is 1.49 bits per heavy atom. The van der Waals surface area contributed by atoms with Crippen LogP contribution in [0, 0.1) is 0 Å². The highest BCUT2D eigenvalue weighted by atomic mass is 15.1. The van der Waals surface area contributed by atoms with Crippen molar-refractivity contribution in [3.8, 4) is 33.4 Å². The molecule has 0 saturated heterocycles. The second-order valence-corrected chi connectivity index (χ2v) is 14.8. The molecule has 1 nitrogen and oxygen atoms in total. The first kappa shape index (κ1) is 31.3. The van der Waals surface area contributed by atoms with Crippen molar-refractivity contribution in [1.29, 1.82) is 0 Å². The quantitative estimate of drug-likeness (QED) is 0.175. The van der Waals surface area contributed by atoms with Crippen molar-refractivity contribution in [2.24, 2.45) is 0 Å². The molecule has 0 heterocycles. The summed E-state index contributed by atoms with van der Waals surface area (Å²) in [6, 6.07) is 73.9. The maximum absolute atomic E-state index is 2.50. The molecule has 2 aliphatic carbocycles. The van der Waals surface area contributed by atoms with E-state index in [2.05, 4.69) is 219 Å². The van der Waals surface area contributed by atoms with Gasteiger partial charge in [-0.25, -0.2) is 0 Å². The molecular formula is C52H39N. The molecule has 0 aliphatic heterocycles. The molecular weight excluding hydrogens is 639 g/mol. The lowest BCUT2D eigenvalue weighted by molar-refractivity contribution is 0.563. The molecule has 0 atom stereocenters. The van der Waals surface area contributed by atoms with Gasteiger partial charge in [-0.1, -0.05) is 184 Å². The van der Waals surface area contributed by atoms with Crippen molar-refractivity contribution < 1.29 is 0 Å². The van der Waals surface area contributed by atoms with Crippen LogP contribution in [0.1, 0.15) is 47.2 Å². The maximum Gasteiger partial charge on any atom is 0.0720 e. The van der Waals surface area contributed by atoms with Crippen LogP contribution >= 0.6 is 0 Å². The van der Waals surface area contributed by atoms with Crippen LogP contribution in [-0.4, -0.2) is 0 Å². The van der Waals surface area contributed by atoms with E-state index in [-0.39, 0.29) is 5.41 Å². The molecule has 53 heavy (non-hydrogen) atoms. The number of hydrogen-bond acceptors (Lipinski definition) is 1. The lowest BCUT2D eigenvalue weighted by Crippen LogP contribution is -2.40. The van der Waals surface area contributed by atoms with Gasteiger partial charge in [-0.2, -0.15) is 0 Å². The summed E-state index contributed by atoms with van der Waals surface area (Å²) in [4.78, 5) is 2.50. The van der Waals surface area contributed by atoms with Gasteiger partial charge in [-0.15, -0.1) is 0 Å². The zero-order valence-electron chi connectivity index (χ0n) is 30.0. The first-order valence-corrected chi connectivity index (χ1v) is 18.6. The summed E-state index contributed by atoms with van der Waals surface area (Å²) in [6.45, 7) is 4.77. The van der Waals surface area contributed by atoms with Gasteiger partial charge in [-0.05, 0) is 86.0 Å². The van der Waals surface area contributed by atoms with E-state index >= 15 is 0 Å². The highest BCUT2D eigenvalue weighted by molar-refractivity contribution is 6.00. The van der Waals surface area contributed by atoms with Crippen molar-refractivity contribution in [3.63, 3.8) is 0 Å². The van der Waals surface area contributed by atoms with E-state index in [0.29, 0.717) is 0 Å². The summed E-state index contributed by atoms with van der Waals surface area (Å²) < 4.78 is 0. The summed E-state index contributed by atoms with van der Waals surface area (Å²) in [5.74, 6) is 0. The molecule has 0 unspecified atom stereocenters. The minimum atomic E-state index is -0.466. The van der Waals surface area contributed by atoms with E-state index in [0.717, 1.165) is 11.4 Å². The summed E-state index contributed by atoms with van der Waals surface area (Å²) in [7, 11) is 0. The molecule has 0 N–H and O–H groups in total. The number of nitrogens with zero attached hydrogens (tertiary/aromatic N) is 1. The smallest absolute Gasteiger partial charge is 0.0720 e. The van der Waals surface area contributed by atoms with Crippen LogP contribution < -0.4 is 4.90 Å². The van der Waals surface area contributed by atoms with Gasteiger partial charge in [0.2, 0.25) is 0 Å². The molecule has 0 radical (unpaired) electrons. The van der Waals surface area contributed by atoms with Crippen LogP contribution in [0.15, 0.2) is 200 Å². The van der Waals surface area contributed by atoms with Crippen LogP contribution in [0.5, 0.6) is 0 Å². The third-order valence-corrected chi connectivity index (χ3v) is 11.7. The van der Waals surface area contributed by atoms with E-state index in [1.807, 2.05) is 0 Å². The highest BCUT2D eigenvalue weighted by Gasteiger charge is 2.53. The maximum atomic E-state index is 2.50. The SMILES string of the molecule is CC1(C)c2ccccc2C2(c3ccccc3-c3c(N(c4ccccc4)c4ccc(-c5ccccc5)cc4-c4ccccc4)cccc32)c2ccccc21. The normalized spacial score (nSPS) is 14.2. The molecule has 10 rings (SSSR count). The predicted molar refractivity (Wildman–Crippen MR) is 221 cm³/mol. The molecule has 8 aromatic carbocycles. The molecule has 0 bridgehead atoms. The molecule has 8 aromatic rings. The Morgan fingerprint density at radius 2 is 0.849 bits per heavy atom. The van der Waals surface area contributed by atoms with Gasteiger partial charge in [0.25, 0.3) is 0 Å². The minimum Gasteiger partial charge on any atom is -0.309 e. The lowest BCUT2D eigenvalue weighted by Gasteiger charge is -2.46. The van der Waals surface area contributed by atoms with Gasteiger partial charge in [0, 0.05) is 22.2 Å². The second-order valence-electron chi connectivity index (χ2n) is 14.8. The molecule has 1 spiro atoms. The van der Waals surface area contributed by atoms with Gasteiger partial charge >= 0.3 is 0 Å².